The van der Waals surface area contributed by atoms with Crippen LogP contribution < -0.4 is 19.9 Å². The van der Waals surface area contributed by atoms with E-state index in [4.69, 9.17) is 4.74 Å². The molecular weight excluding hydrogens is 498 g/mol. The molecule has 2 N–H and O–H groups in total. The van der Waals surface area contributed by atoms with Crippen molar-refractivity contribution in [3.8, 4) is 5.75 Å². The molecule has 198 valence electrons. The van der Waals surface area contributed by atoms with E-state index in [0.29, 0.717) is 26.8 Å². The number of nitrogens with one attached hydrogen (secondary N) is 2. The highest BCUT2D eigenvalue weighted by Crippen LogP contribution is 2.34. The number of fused-ring (bicyclic) bond motifs is 1. The lowest BCUT2D eigenvalue weighted by atomic mass is 9.93. The fourth-order valence-electron chi connectivity index (χ4n) is 5.00. The molecule has 1 aliphatic rings. The molecule has 2 amide bonds. The predicted octanol–water partition coefficient (Wildman–Crippen LogP) is 5.57. The lowest BCUT2D eigenvalue weighted by molar-refractivity contribution is 0.0914. The van der Waals surface area contributed by atoms with E-state index < -0.39 is 5.54 Å². The summed E-state index contributed by atoms with van der Waals surface area (Å²) in [7, 11) is 3.34. The fraction of sp³-hybridized carbons (Fsp3) is 0.345. The lowest BCUT2D eigenvalue weighted by Gasteiger charge is -2.29. The van der Waals surface area contributed by atoms with Crippen molar-refractivity contribution < 1.29 is 14.3 Å². The summed E-state index contributed by atoms with van der Waals surface area (Å²) in [5, 5.41) is 11.2. The Balaban J connectivity index is 1.33. The maximum atomic E-state index is 13.3. The molecular formula is C29H33N5O3S. The Morgan fingerprint density at radius 3 is 2.50 bits per heavy atom. The molecule has 5 rings (SSSR count). The van der Waals surface area contributed by atoms with Crippen LogP contribution in [-0.2, 0) is 5.54 Å². The van der Waals surface area contributed by atoms with Crippen molar-refractivity contribution >= 4 is 44.9 Å². The number of amides is 2. The average molecular weight is 532 g/mol. The summed E-state index contributed by atoms with van der Waals surface area (Å²) >= 11 is 1.29. The largest absolute Gasteiger partial charge is 0.496 e. The van der Waals surface area contributed by atoms with Crippen LogP contribution in [0.1, 0.15) is 58.7 Å². The summed E-state index contributed by atoms with van der Waals surface area (Å²) in [6, 6.07) is 17.2. The van der Waals surface area contributed by atoms with Gasteiger partial charge in [0, 0.05) is 37.0 Å². The SMILES string of the molecule is COc1ccccc1C(C)(C)NC(=O)c1cc2c(N(C)C(=O)c3ccc(N4CCCCC4)cc3)[nH]nc2s1. The van der Waals surface area contributed by atoms with Gasteiger partial charge >= 0.3 is 0 Å². The monoisotopic (exact) mass is 531 g/mol. The van der Waals surface area contributed by atoms with Gasteiger partial charge in [0.25, 0.3) is 11.8 Å². The number of thiophene rings is 1. The normalized spacial score (nSPS) is 13.9. The van der Waals surface area contributed by atoms with E-state index in [1.165, 1.54) is 30.6 Å². The summed E-state index contributed by atoms with van der Waals surface area (Å²) in [4.78, 5) is 31.6. The van der Waals surface area contributed by atoms with Crippen molar-refractivity contribution in [2.24, 2.45) is 0 Å². The summed E-state index contributed by atoms with van der Waals surface area (Å²) in [5.74, 6) is 0.919. The van der Waals surface area contributed by atoms with Crippen LogP contribution in [0.3, 0.4) is 0 Å². The van der Waals surface area contributed by atoms with Crippen molar-refractivity contribution in [2.75, 3.05) is 37.0 Å². The Kier molecular flexibility index (Phi) is 7.12. The molecule has 0 atom stereocenters. The fourth-order valence-corrected chi connectivity index (χ4v) is 5.89. The number of methoxy groups -OCH3 is 1. The number of carbonyl (C=O) groups excluding carboxylic acids is 2. The highest BCUT2D eigenvalue weighted by atomic mass is 32.1. The second kappa shape index (κ2) is 10.5. The van der Waals surface area contributed by atoms with Crippen LogP contribution in [0.25, 0.3) is 10.2 Å². The number of nitrogens with zero attached hydrogens (tertiary/aromatic N) is 3. The van der Waals surface area contributed by atoms with Gasteiger partial charge in [0.05, 0.1) is 22.9 Å². The molecule has 0 saturated carbocycles. The number of benzene rings is 2. The molecule has 9 heteroatoms. The Hall–Kier alpha value is -3.85. The topological polar surface area (TPSA) is 90.6 Å². The molecule has 4 aromatic rings. The molecule has 1 aliphatic heterocycles. The number of ether oxygens (including phenoxy) is 1. The number of anilines is 2. The number of piperidine rings is 1. The van der Waals surface area contributed by atoms with Gasteiger partial charge in [-0.3, -0.25) is 19.6 Å². The smallest absolute Gasteiger partial charge is 0.262 e. The van der Waals surface area contributed by atoms with E-state index in [2.05, 4.69) is 20.4 Å². The van der Waals surface area contributed by atoms with Crippen LogP contribution >= 0.6 is 11.3 Å². The highest BCUT2D eigenvalue weighted by Gasteiger charge is 2.28. The van der Waals surface area contributed by atoms with Gasteiger partial charge in [-0.05, 0) is 69.5 Å². The Morgan fingerprint density at radius 1 is 1.08 bits per heavy atom. The zero-order chi connectivity index (χ0) is 26.9. The minimum Gasteiger partial charge on any atom is -0.496 e. The zero-order valence-electron chi connectivity index (χ0n) is 22.2. The van der Waals surface area contributed by atoms with Crippen LogP contribution in [0.2, 0.25) is 0 Å². The Bertz CT molecular complexity index is 1450. The molecule has 8 nitrogen and oxygen atoms in total. The van der Waals surface area contributed by atoms with Crippen LogP contribution in [0.4, 0.5) is 11.5 Å². The number of aromatic nitrogens is 2. The van der Waals surface area contributed by atoms with Gasteiger partial charge in [0.15, 0.2) is 0 Å². The van der Waals surface area contributed by atoms with Gasteiger partial charge in [0.2, 0.25) is 0 Å². The van der Waals surface area contributed by atoms with E-state index in [0.717, 1.165) is 29.7 Å². The third kappa shape index (κ3) is 4.98. The van der Waals surface area contributed by atoms with E-state index in [1.807, 2.05) is 62.4 Å². The Labute approximate surface area is 226 Å². The van der Waals surface area contributed by atoms with Crippen molar-refractivity contribution in [1.29, 1.82) is 0 Å². The third-order valence-electron chi connectivity index (χ3n) is 7.14. The maximum Gasteiger partial charge on any atom is 0.262 e. The Morgan fingerprint density at radius 2 is 1.79 bits per heavy atom. The van der Waals surface area contributed by atoms with E-state index >= 15 is 0 Å². The molecule has 1 fully saturated rings. The van der Waals surface area contributed by atoms with E-state index in [-0.39, 0.29) is 11.8 Å². The van der Waals surface area contributed by atoms with E-state index in [1.54, 1.807) is 25.1 Å². The van der Waals surface area contributed by atoms with Gasteiger partial charge in [-0.15, -0.1) is 11.3 Å². The van der Waals surface area contributed by atoms with Crippen LogP contribution in [0.5, 0.6) is 5.75 Å². The summed E-state index contributed by atoms with van der Waals surface area (Å²) in [5.41, 5.74) is 1.98. The number of aromatic amines is 1. The summed E-state index contributed by atoms with van der Waals surface area (Å²) in [6.07, 6.45) is 3.69. The number of carbonyl (C=O) groups is 2. The first-order valence-corrected chi connectivity index (χ1v) is 13.7. The van der Waals surface area contributed by atoms with Crippen LogP contribution in [0, 0.1) is 0 Å². The van der Waals surface area contributed by atoms with Gasteiger partial charge in [-0.25, -0.2) is 0 Å². The lowest BCUT2D eigenvalue weighted by Crippen LogP contribution is -2.40. The minimum absolute atomic E-state index is 0.143. The van der Waals surface area contributed by atoms with Gasteiger partial charge in [-0.1, -0.05) is 18.2 Å². The number of H-pyrrole nitrogens is 1. The molecule has 2 aromatic heterocycles. The summed E-state index contributed by atoms with van der Waals surface area (Å²) < 4.78 is 5.49. The van der Waals surface area contributed by atoms with Gasteiger partial charge in [0.1, 0.15) is 16.4 Å². The average Bonchev–Trinajstić information content (AvgIpc) is 3.54. The van der Waals surface area contributed by atoms with Crippen molar-refractivity contribution in [3.05, 3.63) is 70.6 Å². The molecule has 38 heavy (non-hydrogen) atoms. The molecule has 3 heterocycles. The van der Waals surface area contributed by atoms with Gasteiger partial charge in [-0.2, -0.15) is 5.10 Å². The number of para-hydroxylation sites is 1. The molecule has 0 spiro atoms. The van der Waals surface area contributed by atoms with Gasteiger partial charge < -0.3 is 15.0 Å². The second-order valence-electron chi connectivity index (χ2n) is 10.1. The van der Waals surface area contributed by atoms with Crippen molar-refractivity contribution in [2.45, 2.75) is 38.6 Å². The molecule has 0 radical (unpaired) electrons. The number of rotatable bonds is 7. The zero-order valence-corrected chi connectivity index (χ0v) is 23.0. The van der Waals surface area contributed by atoms with Crippen molar-refractivity contribution in [1.82, 2.24) is 15.5 Å². The summed E-state index contributed by atoms with van der Waals surface area (Å²) in [6.45, 7) is 6.00. The highest BCUT2D eigenvalue weighted by molar-refractivity contribution is 7.20. The first-order chi connectivity index (χ1) is 18.3. The van der Waals surface area contributed by atoms with Crippen LogP contribution in [0.15, 0.2) is 54.6 Å². The van der Waals surface area contributed by atoms with Crippen LogP contribution in [-0.4, -0.2) is 49.3 Å². The molecule has 1 saturated heterocycles. The first-order valence-electron chi connectivity index (χ1n) is 12.9. The maximum absolute atomic E-state index is 13.3. The van der Waals surface area contributed by atoms with E-state index in [9.17, 15) is 9.59 Å². The van der Waals surface area contributed by atoms with Crippen molar-refractivity contribution in [3.63, 3.8) is 0 Å². The number of hydrogen-bond acceptors (Lipinski definition) is 6. The molecule has 0 aliphatic carbocycles. The number of hydrogen-bond donors (Lipinski definition) is 2. The quantitative estimate of drug-likeness (QED) is 0.326. The minimum atomic E-state index is -0.660. The third-order valence-corrected chi connectivity index (χ3v) is 8.16. The second-order valence-corrected chi connectivity index (χ2v) is 11.2. The molecule has 0 unspecified atom stereocenters. The standard InChI is InChI=1S/C29H33N5O3S/c1-29(2,22-10-6-7-11-23(22)37-4)30-26(35)24-18-21-25(31-32-27(21)38-24)33(3)28(36)19-12-14-20(15-13-19)34-16-8-5-9-17-34/h6-7,10-15,18H,5,8-9,16-17H2,1-4H3,(H,30,35)(H,31,32). The predicted molar refractivity (Wildman–Crippen MR) is 153 cm³/mol. The molecule has 0 bridgehead atoms. The molecule has 2 aromatic carbocycles. The first kappa shape index (κ1) is 25.8.